The van der Waals surface area contributed by atoms with E-state index in [4.69, 9.17) is 0 Å². The van der Waals surface area contributed by atoms with Crippen molar-refractivity contribution in [3.8, 4) is 0 Å². The standard InChI is InChI=1S/C22H28N2O2/c1-15-9-10-19(18(4)13-15)11-12-21(26)24(5)14-20(25)23-22-16(2)7-6-8-17(22)3/h6-10,13H,11-12,14H2,1-5H3,(H,23,25). The maximum absolute atomic E-state index is 12.4. The molecular formula is C22H28N2O2. The SMILES string of the molecule is Cc1ccc(CCC(=O)N(C)CC(=O)Nc2c(C)cccc2C)c(C)c1. The van der Waals surface area contributed by atoms with Gasteiger partial charge in [0.15, 0.2) is 0 Å². The number of carbonyl (C=O) groups excluding carboxylic acids is 2. The third-order valence-corrected chi connectivity index (χ3v) is 4.66. The molecule has 0 aliphatic rings. The highest BCUT2D eigenvalue weighted by molar-refractivity contribution is 5.95. The fourth-order valence-corrected chi connectivity index (χ4v) is 3.05. The van der Waals surface area contributed by atoms with E-state index in [2.05, 4.69) is 37.4 Å². The molecule has 0 saturated heterocycles. The Morgan fingerprint density at radius 2 is 1.62 bits per heavy atom. The lowest BCUT2D eigenvalue weighted by Gasteiger charge is -2.18. The van der Waals surface area contributed by atoms with E-state index in [1.54, 1.807) is 7.05 Å². The highest BCUT2D eigenvalue weighted by Crippen LogP contribution is 2.19. The Bertz CT molecular complexity index is 792. The Labute approximate surface area is 156 Å². The zero-order valence-electron chi connectivity index (χ0n) is 16.3. The van der Waals surface area contributed by atoms with E-state index in [0.717, 1.165) is 16.8 Å². The van der Waals surface area contributed by atoms with Crippen LogP contribution in [0.25, 0.3) is 0 Å². The predicted octanol–water partition coefficient (Wildman–Crippen LogP) is 3.95. The molecule has 2 aromatic rings. The predicted molar refractivity (Wildman–Crippen MR) is 106 cm³/mol. The van der Waals surface area contributed by atoms with Crippen molar-refractivity contribution in [2.75, 3.05) is 18.9 Å². The number of likely N-dealkylation sites (N-methyl/N-ethyl adjacent to an activating group) is 1. The molecule has 138 valence electrons. The summed E-state index contributed by atoms with van der Waals surface area (Å²) in [6, 6.07) is 12.1. The van der Waals surface area contributed by atoms with Crippen LogP contribution in [0.1, 0.15) is 34.2 Å². The number of hydrogen-bond acceptors (Lipinski definition) is 2. The van der Waals surface area contributed by atoms with Crippen molar-refractivity contribution in [1.29, 1.82) is 0 Å². The summed E-state index contributed by atoms with van der Waals surface area (Å²) in [5.74, 6) is -0.202. The first-order chi connectivity index (χ1) is 12.3. The van der Waals surface area contributed by atoms with Gasteiger partial charge in [0, 0.05) is 19.2 Å². The lowest BCUT2D eigenvalue weighted by Crippen LogP contribution is -2.35. The Morgan fingerprint density at radius 1 is 0.962 bits per heavy atom. The molecule has 0 saturated carbocycles. The molecule has 4 heteroatoms. The summed E-state index contributed by atoms with van der Waals surface area (Å²) in [6.07, 6.45) is 1.09. The van der Waals surface area contributed by atoms with E-state index in [1.165, 1.54) is 21.6 Å². The van der Waals surface area contributed by atoms with Gasteiger partial charge < -0.3 is 10.2 Å². The quantitative estimate of drug-likeness (QED) is 0.856. The maximum Gasteiger partial charge on any atom is 0.243 e. The molecule has 0 bridgehead atoms. The number of hydrogen-bond donors (Lipinski definition) is 1. The van der Waals surface area contributed by atoms with Crippen LogP contribution in [0, 0.1) is 27.7 Å². The molecule has 0 aromatic heterocycles. The van der Waals surface area contributed by atoms with Crippen LogP contribution in [0.5, 0.6) is 0 Å². The number of carbonyl (C=O) groups is 2. The Kier molecular flexibility index (Phi) is 6.56. The minimum absolute atomic E-state index is 0.0263. The lowest BCUT2D eigenvalue weighted by molar-refractivity contribution is -0.133. The van der Waals surface area contributed by atoms with Crippen LogP contribution in [0.15, 0.2) is 36.4 Å². The molecule has 0 aliphatic carbocycles. The first-order valence-electron chi connectivity index (χ1n) is 8.94. The van der Waals surface area contributed by atoms with Crippen molar-refractivity contribution in [3.05, 3.63) is 64.2 Å². The third-order valence-electron chi connectivity index (χ3n) is 4.66. The summed E-state index contributed by atoms with van der Waals surface area (Å²) in [5.41, 5.74) is 6.46. The van der Waals surface area contributed by atoms with Crippen LogP contribution in [0.4, 0.5) is 5.69 Å². The van der Waals surface area contributed by atoms with Crippen LogP contribution in [-0.2, 0) is 16.0 Å². The first kappa shape index (κ1) is 19.7. The minimum Gasteiger partial charge on any atom is -0.336 e. The highest BCUT2D eigenvalue weighted by Gasteiger charge is 2.15. The van der Waals surface area contributed by atoms with Gasteiger partial charge in [0.2, 0.25) is 11.8 Å². The maximum atomic E-state index is 12.4. The van der Waals surface area contributed by atoms with Gasteiger partial charge >= 0.3 is 0 Å². The van der Waals surface area contributed by atoms with Gasteiger partial charge in [-0.15, -0.1) is 0 Å². The summed E-state index contributed by atoms with van der Waals surface area (Å²) in [5, 5.41) is 2.92. The summed E-state index contributed by atoms with van der Waals surface area (Å²) in [4.78, 5) is 26.1. The molecule has 0 spiro atoms. The van der Waals surface area contributed by atoms with Crippen LogP contribution in [0.2, 0.25) is 0 Å². The molecule has 26 heavy (non-hydrogen) atoms. The van der Waals surface area contributed by atoms with Crippen molar-refractivity contribution in [1.82, 2.24) is 4.90 Å². The van der Waals surface area contributed by atoms with Gasteiger partial charge in [0.1, 0.15) is 0 Å². The van der Waals surface area contributed by atoms with Gasteiger partial charge in [-0.05, 0) is 56.4 Å². The summed E-state index contributed by atoms with van der Waals surface area (Å²) < 4.78 is 0. The smallest absolute Gasteiger partial charge is 0.243 e. The molecule has 0 heterocycles. The highest BCUT2D eigenvalue weighted by atomic mass is 16.2. The summed E-state index contributed by atoms with van der Waals surface area (Å²) >= 11 is 0. The van der Waals surface area contributed by atoms with E-state index in [9.17, 15) is 9.59 Å². The molecule has 2 amide bonds. The molecule has 0 aliphatic heterocycles. The van der Waals surface area contributed by atoms with E-state index >= 15 is 0 Å². The number of benzene rings is 2. The van der Waals surface area contributed by atoms with Crippen LogP contribution in [0.3, 0.4) is 0 Å². The fourth-order valence-electron chi connectivity index (χ4n) is 3.05. The molecule has 0 fully saturated rings. The average Bonchev–Trinajstić information content (AvgIpc) is 2.57. The zero-order chi connectivity index (χ0) is 19.3. The normalized spacial score (nSPS) is 10.5. The molecule has 1 N–H and O–H groups in total. The Morgan fingerprint density at radius 3 is 2.23 bits per heavy atom. The molecular weight excluding hydrogens is 324 g/mol. The molecule has 2 aromatic carbocycles. The number of nitrogens with one attached hydrogen (secondary N) is 1. The van der Waals surface area contributed by atoms with Gasteiger partial charge in [0.05, 0.1) is 6.54 Å². The number of para-hydroxylation sites is 1. The topological polar surface area (TPSA) is 49.4 Å². The van der Waals surface area contributed by atoms with E-state index in [1.807, 2.05) is 32.0 Å². The van der Waals surface area contributed by atoms with Crippen LogP contribution >= 0.6 is 0 Å². The van der Waals surface area contributed by atoms with Gasteiger partial charge in [-0.2, -0.15) is 0 Å². The van der Waals surface area contributed by atoms with Gasteiger partial charge in [-0.1, -0.05) is 42.0 Å². The molecule has 4 nitrogen and oxygen atoms in total. The van der Waals surface area contributed by atoms with Gasteiger partial charge in [-0.3, -0.25) is 9.59 Å². The van der Waals surface area contributed by atoms with Gasteiger partial charge in [0.25, 0.3) is 0 Å². The van der Waals surface area contributed by atoms with Crippen LogP contribution in [-0.4, -0.2) is 30.3 Å². The number of amides is 2. The molecule has 0 atom stereocenters. The van der Waals surface area contributed by atoms with E-state index in [-0.39, 0.29) is 18.4 Å². The van der Waals surface area contributed by atoms with Crippen LogP contribution < -0.4 is 5.32 Å². The molecule has 0 radical (unpaired) electrons. The zero-order valence-corrected chi connectivity index (χ0v) is 16.3. The fraction of sp³-hybridized carbons (Fsp3) is 0.364. The number of nitrogens with zero attached hydrogens (tertiary/aromatic N) is 1. The third kappa shape index (κ3) is 5.19. The Hall–Kier alpha value is -2.62. The van der Waals surface area contributed by atoms with E-state index in [0.29, 0.717) is 12.8 Å². The van der Waals surface area contributed by atoms with Crippen molar-refractivity contribution in [2.45, 2.75) is 40.5 Å². The second-order valence-corrected chi connectivity index (χ2v) is 6.99. The van der Waals surface area contributed by atoms with Crippen molar-refractivity contribution in [2.24, 2.45) is 0 Å². The minimum atomic E-state index is -0.176. The largest absolute Gasteiger partial charge is 0.336 e. The Balaban J connectivity index is 1.89. The van der Waals surface area contributed by atoms with E-state index < -0.39 is 0 Å². The average molecular weight is 352 g/mol. The lowest BCUT2D eigenvalue weighted by atomic mass is 10.0. The first-order valence-corrected chi connectivity index (χ1v) is 8.94. The van der Waals surface area contributed by atoms with Crippen molar-refractivity contribution >= 4 is 17.5 Å². The van der Waals surface area contributed by atoms with Crippen molar-refractivity contribution < 1.29 is 9.59 Å². The summed E-state index contributed by atoms with van der Waals surface area (Å²) in [7, 11) is 1.68. The van der Waals surface area contributed by atoms with Gasteiger partial charge in [-0.25, -0.2) is 0 Å². The molecule has 2 rings (SSSR count). The monoisotopic (exact) mass is 352 g/mol. The number of anilines is 1. The van der Waals surface area contributed by atoms with Crippen molar-refractivity contribution in [3.63, 3.8) is 0 Å². The second-order valence-electron chi connectivity index (χ2n) is 6.99. The summed E-state index contributed by atoms with van der Waals surface area (Å²) in [6.45, 7) is 8.10. The molecule has 0 unspecified atom stereocenters. The number of rotatable bonds is 6. The second kappa shape index (κ2) is 8.65. The number of aryl methyl sites for hydroxylation is 5.